The van der Waals surface area contributed by atoms with Crippen molar-refractivity contribution in [2.24, 2.45) is 0 Å². The van der Waals surface area contributed by atoms with Crippen molar-refractivity contribution in [3.63, 3.8) is 0 Å². The molecule has 11 rings (SSSR count). The maximum atomic E-state index is 12.0. The van der Waals surface area contributed by atoms with Gasteiger partial charge in [-0.05, 0) is 66.8 Å². The van der Waals surface area contributed by atoms with Gasteiger partial charge in [0.25, 0.3) is 47.1 Å². The Kier molecular flexibility index (Phi) is 43.3. The number of amides is 6. The van der Waals surface area contributed by atoms with Crippen molar-refractivity contribution >= 4 is 84.3 Å². The smallest absolute Gasteiger partial charge is 1.00 e. The van der Waals surface area contributed by atoms with Crippen LogP contribution in [0.2, 0.25) is 0 Å². The van der Waals surface area contributed by atoms with Crippen LogP contribution in [0.5, 0.6) is 0 Å². The zero-order chi connectivity index (χ0) is 82.4. The summed E-state index contributed by atoms with van der Waals surface area (Å²) in [6.07, 6.45) is -5.91. The predicted octanol–water partition coefficient (Wildman–Crippen LogP) is -0.572. The normalized spacial score (nSPS) is 15.6. The first kappa shape index (κ1) is 97.2. The summed E-state index contributed by atoms with van der Waals surface area (Å²) in [5.41, 5.74) is 16.6. The van der Waals surface area contributed by atoms with Gasteiger partial charge < -0.3 is 109 Å². The van der Waals surface area contributed by atoms with Crippen LogP contribution in [0.4, 0.5) is 14.4 Å². The predicted molar refractivity (Wildman–Crippen MR) is 383 cm³/mol. The number of hydrogen-bond acceptors (Lipinski definition) is 35. The van der Waals surface area contributed by atoms with E-state index in [0.29, 0.717) is 11.6 Å². The molecular formula is C69H84N6NaO33P3S-2. The number of benzene rings is 6. The van der Waals surface area contributed by atoms with Crippen molar-refractivity contribution < 1.29 is 196 Å². The number of phosphoric ester groups is 3. The molecule has 6 amide bonds. The van der Waals surface area contributed by atoms with Crippen LogP contribution in [0.3, 0.4) is 0 Å². The molecule has 0 bridgehead atoms. The Hall–Kier alpha value is -8.13. The molecule has 14 N–H and O–H groups in total. The number of aliphatic hydroxyl groups is 6. The zero-order valence-corrected chi connectivity index (χ0v) is 66.0. The Labute approximate surface area is 674 Å². The maximum absolute atomic E-state index is 12.0. The Bertz CT molecular complexity index is 3930. The molecule has 612 valence electrons. The maximum Gasteiger partial charge on any atom is 1.00 e. The molecule has 113 heavy (non-hydrogen) atoms. The molecule has 0 radical (unpaired) electrons. The first-order chi connectivity index (χ1) is 53.6. The Morgan fingerprint density at radius 3 is 1.00 bits per heavy atom. The second kappa shape index (κ2) is 50.3. The number of aliphatic hydroxyl groups excluding tert-OH is 6. The summed E-state index contributed by atoms with van der Waals surface area (Å²) in [5.74, 6) is -2.33. The van der Waals surface area contributed by atoms with Gasteiger partial charge in [-0.1, -0.05) is 151 Å². The van der Waals surface area contributed by atoms with E-state index in [0.717, 1.165) is 66.8 Å². The van der Waals surface area contributed by atoms with Gasteiger partial charge in [0.05, 0.1) is 59.4 Å². The minimum Gasteiger partial charge on any atom is -1.00 e. The number of rotatable bonds is 31. The molecule has 6 atom stereocenters. The van der Waals surface area contributed by atoms with Crippen LogP contribution in [0.25, 0.3) is 33.4 Å². The van der Waals surface area contributed by atoms with Gasteiger partial charge in [0.15, 0.2) is 0 Å². The minimum absolute atomic E-state index is 0. The number of carbonyl (C=O) groups is 8. The van der Waals surface area contributed by atoms with Crippen molar-refractivity contribution in [3.8, 4) is 33.4 Å². The van der Waals surface area contributed by atoms with Gasteiger partial charge in [0.1, 0.15) is 44.7 Å². The zero-order valence-electron chi connectivity index (χ0n) is 61.5. The van der Waals surface area contributed by atoms with Gasteiger partial charge in [-0.3, -0.25) is 47.7 Å². The van der Waals surface area contributed by atoms with Crippen molar-refractivity contribution in [1.29, 1.82) is 4.78 Å². The first-order valence-electron chi connectivity index (χ1n) is 33.6. The Balaban J connectivity index is 0.000000379. The van der Waals surface area contributed by atoms with Crippen molar-refractivity contribution in [1.82, 2.24) is 20.8 Å². The molecule has 44 heteroatoms. The fourth-order valence-corrected chi connectivity index (χ4v) is 13.1. The van der Waals surface area contributed by atoms with Gasteiger partial charge in [-0.2, -0.15) is 5.06 Å². The van der Waals surface area contributed by atoms with E-state index in [1.807, 2.05) is 146 Å². The molecule has 2 heterocycles. The molecule has 6 aromatic rings. The number of hydroxylamine groups is 4. The molecule has 5 aliphatic rings. The summed E-state index contributed by atoms with van der Waals surface area (Å²) in [7, 11) is -13.6. The molecule has 0 aromatic heterocycles. The standard InChI is InChI=1S/2C20H24NO8P.C19H15NO5.C5H14NO6P.C4H5NO3.CH2O3.HNS.Na.H/c2*22-11-14(23)12-29-30(25,26)28-10-9-21-20(24)27-13-19-17-7-3-1-5-15(17)16-6-2-4-8-18(16)19;21-17-9-10-18(22)20(17)25-19(23)24-11-16-14-7-3-1-5-12(14)13-6-2-4-8-15(13)16;6-1-2-11-13(9,10)12-4-5(8)3-7;6-3-1-2-4(7)5(3)8;2-1-4-3;1-2;;/h2*1-8,14,19,22-23H,9-13H2,(H,21,24)(H,25,26);1-8,16H,9-11H2;5,7-8H,1-4,6H2,(H,9,10);8H,1-2H2;1,3H;1H;;/q;;;;;;;+1;-1/p-2. The van der Waals surface area contributed by atoms with E-state index in [9.17, 15) is 61.9 Å². The number of nitrogens with one attached hydrogen (secondary N) is 3. The summed E-state index contributed by atoms with van der Waals surface area (Å²) in [5, 5.41) is 73.3. The molecule has 0 saturated carbocycles. The van der Waals surface area contributed by atoms with E-state index in [1.165, 1.54) is 0 Å². The number of alkyl carbamates (subject to hydrolysis) is 2. The summed E-state index contributed by atoms with van der Waals surface area (Å²) in [6.45, 7) is -3.99. The van der Waals surface area contributed by atoms with Crippen LogP contribution in [0, 0.1) is 4.78 Å². The number of ether oxygens (including phenoxy) is 3. The number of carbonyl (C=O) groups excluding carboxylic acids is 8. The summed E-state index contributed by atoms with van der Waals surface area (Å²) >= 11 is 3.33. The second-order valence-electron chi connectivity index (χ2n) is 23.4. The largest absolute Gasteiger partial charge is 1.00 e. The van der Waals surface area contributed by atoms with E-state index < -0.39 is 123 Å². The van der Waals surface area contributed by atoms with Gasteiger partial charge >= 0.3 is 54.4 Å². The number of imide groups is 2. The number of phosphoric acid groups is 3. The van der Waals surface area contributed by atoms with E-state index >= 15 is 0 Å². The molecule has 2 saturated heterocycles. The molecule has 3 aliphatic carbocycles. The molecule has 2 aliphatic heterocycles. The summed E-state index contributed by atoms with van der Waals surface area (Å²) in [6, 6.07) is 47.7. The average molecular weight is 1670 g/mol. The molecular weight excluding hydrogens is 1590 g/mol. The minimum atomic E-state index is -4.64. The van der Waals surface area contributed by atoms with E-state index in [-0.39, 0.29) is 139 Å². The van der Waals surface area contributed by atoms with Crippen molar-refractivity contribution in [2.45, 2.75) is 61.7 Å². The average Bonchev–Trinajstić information content (AvgIpc) is 1.63. The Morgan fingerprint density at radius 2 is 0.752 bits per heavy atom. The van der Waals surface area contributed by atoms with Gasteiger partial charge in [-0.15, -0.1) is 0 Å². The number of fused-ring (bicyclic) bond motifs is 9. The fraction of sp³-hybridized carbons (Fsp3) is 0.362. The quantitative estimate of drug-likeness (QED) is 0.00248. The van der Waals surface area contributed by atoms with Crippen LogP contribution in [0.1, 0.15) is 78.2 Å². The van der Waals surface area contributed by atoms with E-state index in [2.05, 4.69) is 60.8 Å². The van der Waals surface area contributed by atoms with Crippen LogP contribution in [-0.4, -0.2) is 217 Å². The van der Waals surface area contributed by atoms with Gasteiger partial charge in [0, 0.05) is 69.0 Å². The van der Waals surface area contributed by atoms with Crippen LogP contribution in [-0.2, 0) is 101 Å². The third-order valence-corrected chi connectivity index (χ3v) is 18.7. The third-order valence-electron chi connectivity index (χ3n) is 15.8. The van der Waals surface area contributed by atoms with E-state index in [4.69, 9.17) is 69.7 Å². The van der Waals surface area contributed by atoms with Gasteiger partial charge in [0.2, 0.25) is 0 Å². The summed E-state index contributed by atoms with van der Waals surface area (Å²) in [4.78, 5) is 129. The van der Waals surface area contributed by atoms with Crippen LogP contribution in [0.15, 0.2) is 146 Å². The van der Waals surface area contributed by atoms with E-state index in [1.54, 1.807) is 0 Å². The number of quaternary nitrogens is 1. The molecule has 0 spiro atoms. The molecule has 6 unspecified atom stereocenters. The third kappa shape index (κ3) is 31.5. The number of hydrogen-bond donors (Lipinski definition) is 12. The van der Waals surface area contributed by atoms with Crippen molar-refractivity contribution in [2.75, 3.05) is 98.9 Å². The van der Waals surface area contributed by atoms with Crippen molar-refractivity contribution in [3.05, 3.63) is 179 Å². The monoisotopic (exact) mass is 1670 g/mol. The topological polar surface area (TPSA) is 602 Å². The molecule has 39 nitrogen and oxygen atoms in total. The fourth-order valence-electron chi connectivity index (χ4n) is 10.8. The number of nitrogens with zero attached hydrogens (tertiary/aromatic N) is 2. The van der Waals surface area contributed by atoms with Crippen LogP contribution < -0.4 is 60.6 Å². The SMILES string of the molecule is N=S.O=C(NCCOP(=O)([O-])OCC(O)CO)OCC1c2ccccc2-c2ccccc21.O=C(NCCOP(=O)([O-])OCC(O)CO)OCC1c2ccccc2-c2ccccc21.O=C(OCC1c2ccccc2-c2ccccc21)ON1C(=O)CCC1=O.O=C1CCC(=O)N1O.O=COO.[H-].[NH3+]CCOP(=O)([O-])OCC(O)CO.[Na+]. The first-order valence-corrected chi connectivity index (χ1v) is 38.4. The molecule has 2 fully saturated rings. The Morgan fingerprint density at radius 1 is 0.496 bits per heavy atom. The summed E-state index contributed by atoms with van der Waals surface area (Å²) < 4.78 is 81.3. The second-order valence-corrected chi connectivity index (χ2v) is 27.6. The molecule has 6 aromatic carbocycles. The van der Waals surface area contributed by atoms with Gasteiger partial charge in [-0.25, -0.2) is 24.4 Å². The van der Waals surface area contributed by atoms with Crippen LogP contribution >= 0.6 is 23.5 Å².